The van der Waals surface area contributed by atoms with Gasteiger partial charge in [0.15, 0.2) is 11.5 Å². The first kappa shape index (κ1) is 15.8. The van der Waals surface area contributed by atoms with E-state index in [4.69, 9.17) is 9.47 Å². The van der Waals surface area contributed by atoms with Gasteiger partial charge >= 0.3 is 0 Å². The molecule has 0 aliphatic carbocycles. The number of hydrogen-bond acceptors (Lipinski definition) is 4. The van der Waals surface area contributed by atoms with Crippen LogP contribution in [0.3, 0.4) is 0 Å². The minimum atomic E-state index is -0.750. The molecule has 5 heteroatoms. The fourth-order valence-electron chi connectivity index (χ4n) is 3.67. The molecule has 3 rings (SSSR count). The highest BCUT2D eigenvalue weighted by atomic mass is 32.2. The molecule has 0 saturated carbocycles. The molecule has 1 aromatic rings. The van der Waals surface area contributed by atoms with Crippen LogP contribution < -0.4 is 9.47 Å². The number of aliphatic hydroxyl groups is 1. The van der Waals surface area contributed by atoms with Crippen LogP contribution in [0.5, 0.6) is 11.5 Å². The molecule has 2 aliphatic heterocycles. The zero-order valence-corrected chi connectivity index (χ0v) is 13.8. The topological polar surface area (TPSA) is 55.8 Å². The van der Waals surface area contributed by atoms with E-state index in [1.807, 2.05) is 24.3 Å². The molecule has 0 amide bonds. The van der Waals surface area contributed by atoms with Crippen LogP contribution >= 0.6 is 0 Å². The molecule has 122 valence electrons. The average Bonchev–Trinajstić information content (AvgIpc) is 2.50. The Bertz CT molecular complexity index is 529. The summed E-state index contributed by atoms with van der Waals surface area (Å²) in [5, 5.41) is 11.2. The number of benzene rings is 1. The second kappa shape index (κ2) is 6.59. The Kier molecular flexibility index (Phi) is 4.73. The van der Waals surface area contributed by atoms with Crippen molar-refractivity contribution >= 4 is 10.8 Å². The van der Waals surface area contributed by atoms with Gasteiger partial charge in [-0.25, -0.2) is 0 Å². The van der Waals surface area contributed by atoms with E-state index in [0.29, 0.717) is 37.4 Å². The first-order valence-electron chi connectivity index (χ1n) is 7.99. The number of rotatable bonds is 5. The number of para-hydroxylation sites is 2. The van der Waals surface area contributed by atoms with Crippen molar-refractivity contribution in [2.75, 3.05) is 13.7 Å². The van der Waals surface area contributed by atoms with E-state index in [1.165, 1.54) is 0 Å². The summed E-state index contributed by atoms with van der Waals surface area (Å²) < 4.78 is 23.3. The molecule has 2 aliphatic rings. The maximum Gasteiger partial charge on any atom is 0.161 e. The lowest BCUT2D eigenvalue weighted by Crippen LogP contribution is -2.49. The van der Waals surface area contributed by atoms with Crippen LogP contribution in [0.15, 0.2) is 24.3 Å². The Morgan fingerprint density at radius 3 is 2.50 bits per heavy atom. The second-order valence-corrected chi connectivity index (χ2v) is 8.38. The minimum absolute atomic E-state index is 0.170. The molecular weight excluding hydrogens is 300 g/mol. The summed E-state index contributed by atoms with van der Waals surface area (Å²) >= 11 is 0. The number of ether oxygens (including phenoxy) is 2. The third-order valence-electron chi connectivity index (χ3n) is 4.82. The molecule has 1 aromatic carbocycles. The summed E-state index contributed by atoms with van der Waals surface area (Å²) in [5.74, 6) is 1.41. The van der Waals surface area contributed by atoms with Crippen molar-refractivity contribution in [2.45, 2.75) is 54.6 Å². The zero-order valence-electron chi connectivity index (χ0n) is 13.0. The average molecular weight is 324 g/mol. The lowest BCUT2D eigenvalue weighted by Gasteiger charge is -2.43. The van der Waals surface area contributed by atoms with E-state index in [1.54, 1.807) is 7.11 Å². The third-order valence-corrected chi connectivity index (χ3v) is 6.94. The Morgan fingerprint density at radius 1 is 1.23 bits per heavy atom. The summed E-state index contributed by atoms with van der Waals surface area (Å²) in [7, 11) is 0.868. The molecule has 2 fully saturated rings. The maximum atomic E-state index is 12.2. The predicted octanol–water partition coefficient (Wildman–Crippen LogP) is 2.66. The largest absolute Gasteiger partial charge is 0.493 e. The zero-order chi connectivity index (χ0) is 15.6. The monoisotopic (exact) mass is 324 g/mol. The van der Waals surface area contributed by atoms with Crippen LogP contribution in [0.2, 0.25) is 0 Å². The van der Waals surface area contributed by atoms with Crippen LogP contribution in [-0.2, 0) is 10.8 Å². The highest BCUT2D eigenvalue weighted by Crippen LogP contribution is 2.40. The summed E-state index contributed by atoms with van der Waals surface area (Å²) in [6, 6.07) is 7.53. The molecule has 2 unspecified atom stereocenters. The van der Waals surface area contributed by atoms with E-state index in [2.05, 4.69) is 0 Å². The standard InChI is InChI=1S/C17H24O4S/c1-20-15-7-2-3-8-16(15)21-10-9-17(18)11-13-5-4-6-14(12-17)22(13)19/h2-3,7-8,13-14,18H,4-6,9-12H2,1H3. The highest BCUT2D eigenvalue weighted by Gasteiger charge is 2.45. The fraction of sp³-hybridized carbons (Fsp3) is 0.647. The van der Waals surface area contributed by atoms with Gasteiger partial charge in [0.2, 0.25) is 0 Å². The van der Waals surface area contributed by atoms with Crippen LogP contribution in [0.4, 0.5) is 0 Å². The minimum Gasteiger partial charge on any atom is -0.493 e. The Hall–Kier alpha value is -1.07. The summed E-state index contributed by atoms with van der Waals surface area (Å²) in [6.07, 6.45) is 4.98. The molecule has 0 radical (unpaired) electrons. The van der Waals surface area contributed by atoms with Gasteiger partial charge < -0.3 is 14.6 Å². The first-order chi connectivity index (χ1) is 10.6. The smallest absolute Gasteiger partial charge is 0.161 e. The van der Waals surface area contributed by atoms with Gasteiger partial charge in [-0.05, 0) is 37.8 Å². The van der Waals surface area contributed by atoms with Gasteiger partial charge in [0, 0.05) is 27.7 Å². The van der Waals surface area contributed by atoms with Crippen molar-refractivity contribution in [1.29, 1.82) is 0 Å². The summed E-state index contributed by atoms with van der Waals surface area (Å²) in [5.41, 5.74) is -0.730. The predicted molar refractivity (Wildman–Crippen MR) is 86.9 cm³/mol. The fourth-order valence-corrected chi connectivity index (χ4v) is 5.96. The Labute approximate surface area is 134 Å². The van der Waals surface area contributed by atoms with Gasteiger partial charge in [0.05, 0.1) is 19.3 Å². The number of methoxy groups -OCH3 is 1. The molecule has 0 aromatic heterocycles. The van der Waals surface area contributed by atoms with Crippen molar-refractivity contribution < 1.29 is 18.8 Å². The van der Waals surface area contributed by atoms with Crippen molar-refractivity contribution in [1.82, 2.24) is 0 Å². The lowest BCUT2D eigenvalue weighted by molar-refractivity contribution is -0.00733. The van der Waals surface area contributed by atoms with E-state index in [-0.39, 0.29) is 10.5 Å². The number of hydrogen-bond donors (Lipinski definition) is 1. The van der Waals surface area contributed by atoms with Crippen LogP contribution in [0.1, 0.15) is 38.5 Å². The van der Waals surface area contributed by atoms with Gasteiger partial charge in [0.25, 0.3) is 0 Å². The normalized spacial score (nSPS) is 34.2. The molecule has 22 heavy (non-hydrogen) atoms. The van der Waals surface area contributed by atoms with Gasteiger partial charge in [0.1, 0.15) is 0 Å². The van der Waals surface area contributed by atoms with E-state index in [0.717, 1.165) is 19.3 Å². The molecule has 2 bridgehead atoms. The van der Waals surface area contributed by atoms with Gasteiger partial charge in [-0.3, -0.25) is 4.21 Å². The molecule has 2 atom stereocenters. The van der Waals surface area contributed by atoms with Crippen molar-refractivity contribution in [2.24, 2.45) is 0 Å². The van der Waals surface area contributed by atoms with E-state index >= 15 is 0 Å². The summed E-state index contributed by atoms with van der Waals surface area (Å²) in [6.45, 7) is 0.447. The van der Waals surface area contributed by atoms with Gasteiger partial charge in [-0.15, -0.1) is 0 Å². The van der Waals surface area contributed by atoms with E-state index in [9.17, 15) is 9.32 Å². The molecule has 1 N–H and O–H groups in total. The van der Waals surface area contributed by atoms with Crippen molar-refractivity contribution in [3.63, 3.8) is 0 Å². The number of fused-ring (bicyclic) bond motifs is 2. The van der Waals surface area contributed by atoms with E-state index < -0.39 is 16.4 Å². The molecule has 2 saturated heterocycles. The highest BCUT2D eigenvalue weighted by molar-refractivity contribution is 7.86. The Balaban J connectivity index is 1.58. The van der Waals surface area contributed by atoms with Crippen LogP contribution in [0.25, 0.3) is 0 Å². The molecule has 4 nitrogen and oxygen atoms in total. The summed E-state index contributed by atoms with van der Waals surface area (Å²) in [4.78, 5) is 0. The third kappa shape index (κ3) is 3.30. The second-order valence-electron chi connectivity index (χ2n) is 6.39. The van der Waals surface area contributed by atoms with Gasteiger partial charge in [-0.1, -0.05) is 18.6 Å². The van der Waals surface area contributed by atoms with Crippen molar-refractivity contribution in [3.05, 3.63) is 24.3 Å². The lowest BCUT2D eigenvalue weighted by atomic mass is 9.83. The van der Waals surface area contributed by atoms with Crippen LogP contribution in [0, 0.1) is 0 Å². The van der Waals surface area contributed by atoms with Gasteiger partial charge in [-0.2, -0.15) is 0 Å². The van der Waals surface area contributed by atoms with Crippen LogP contribution in [-0.4, -0.2) is 39.1 Å². The Morgan fingerprint density at radius 2 is 1.86 bits per heavy atom. The van der Waals surface area contributed by atoms with Crippen molar-refractivity contribution in [3.8, 4) is 11.5 Å². The quantitative estimate of drug-likeness (QED) is 0.905. The molecular formula is C17H24O4S. The maximum absolute atomic E-state index is 12.2. The molecule has 0 spiro atoms. The molecule has 2 heterocycles. The first-order valence-corrected chi connectivity index (χ1v) is 9.26. The SMILES string of the molecule is COc1ccccc1OCCC1(O)CC2CCCC(C1)S2=O.